The van der Waals surface area contributed by atoms with Crippen molar-refractivity contribution in [3.8, 4) is 0 Å². The van der Waals surface area contributed by atoms with E-state index in [-0.39, 0.29) is 11.7 Å². The van der Waals surface area contributed by atoms with E-state index in [2.05, 4.69) is 15.6 Å². The molecule has 6 nitrogen and oxygen atoms in total. The first kappa shape index (κ1) is 13.3. The van der Waals surface area contributed by atoms with Crippen LogP contribution in [-0.2, 0) is 0 Å². The van der Waals surface area contributed by atoms with Gasteiger partial charge in [0.25, 0.3) is 0 Å². The number of amides is 2. The van der Waals surface area contributed by atoms with Crippen molar-refractivity contribution >= 4 is 29.4 Å². The summed E-state index contributed by atoms with van der Waals surface area (Å²) in [7, 11) is 0. The highest BCUT2D eigenvalue weighted by Crippen LogP contribution is 2.05. The number of carboxylic acid groups (broad SMARTS) is 1. The van der Waals surface area contributed by atoms with E-state index in [9.17, 15) is 9.59 Å². The van der Waals surface area contributed by atoms with Gasteiger partial charge in [-0.1, -0.05) is 0 Å². The minimum Gasteiger partial charge on any atom is -0.477 e. The third-order valence-corrected chi connectivity index (χ3v) is 2.44. The van der Waals surface area contributed by atoms with Crippen LogP contribution in [-0.4, -0.2) is 40.6 Å². The van der Waals surface area contributed by atoms with Gasteiger partial charge in [0.15, 0.2) is 0 Å². The molecule has 92 valence electrons. The molecule has 0 spiro atoms. The maximum atomic E-state index is 11.3. The zero-order valence-corrected chi connectivity index (χ0v) is 10.1. The van der Waals surface area contributed by atoms with Crippen molar-refractivity contribution < 1.29 is 14.7 Å². The Labute approximate surface area is 103 Å². The van der Waals surface area contributed by atoms with Crippen LogP contribution in [0.5, 0.6) is 0 Å². The van der Waals surface area contributed by atoms with Crippen LogP contribution in [0.2, 0.25) is 0 Å². The van der Waals surface area contributed by atoms with Crippen molar-refractivity contribution in [2.75, 3.05) is 23.9 Å². The van der Waals surface area contributed by atoms with E-state index in [0.717, 1.165) is 5.75 Å². The van der Waals surface area contributed by atoms with Crippen molar-refractivity contribution in [1.29, 1.82) is 0 Å². The molecular weight excluding hydrogens is 242 g/mol. The van der Waals surface area contributed by atoms with Gasteiger partial charge in [0, 0.05) is 12.3 Å². The molecular formula is C10H13N3O3S. The molecule has 0 saturated carbocycles. The summed E-state index contributed by atoms with van der Waals surface area (Å²) in [6, 6.07) is 2.49. The van der Waals surface area contributed by atoms with Gasteiger partial charge in [-0.3, -0.25) is 0 Å². The molecule has 0 saturated heterocycles. The van der Waals surface area contributed by atoms with E-state index < -0.39 is 5.97 Å². The lowest BCUT2D eigenvalue weighted by Crippen LogP contribution is -2.30. The van der Waals surface area contributed by atoms with Gasteiger partial charge in [0.1, 0.15) is 5.69 Å². The Morgan fingerprint density at radius 3 is 2.76 bits per heavy atom. The molecule has 1 rings (SSSR count). The molecule has 0 aliphatic carbocycles. The Kier molecular flexibility index (Phi) is 5.28. The minimum atomic E-state index is -1.10. The number of rotatable bonds is 5. The molecule has 1 aromatic heterocycles. The average Bonchev–Trinajstić information content (AvgIpc) is 2.30. The molecule has 0 fully saturated rings. The lowest BCUT2D eigenvalue weighted by atomic mass is 10.3. The van der Waals surface area contributed by atoms with Crippen LogP contribution < -0.4 is 10.6 Å². The topological polar surface area (TPSA) is 91.3 Å². The van der Waals surface area contributed by atoms with E-state index in [1.807, 2.05) is 6.26 Å². The number of nitrogens with zero attached hydrogens (tertiary/aromatic N) is 1. The maximum Gasteiger partial charge on any atom is 0.354 e. The molecule has 0 unspecified atom stereocenters. The van der Waals surface area contributed by atoms with E-state index in [0.29, 0.717) is 12.2 Å². The van der Waals surface area contributed by atoms with Crippen LogP contribution in [0, 0.1) is 0 Å². The van der Waals surface area contributed by atoms with Crippen LogP contribution in [0.15, 0.2) is 18.3 Å². The van der Waals surface area contributed by atoms with Crippen LogP contribution >= 0.6 is 11.8 Å². The number of hydrogen-bond acceptors (Lipinski definition) is 4. The molecule has 3 N–H and O–H groups in total. The number of anilines is 1. The van der Waals surface area contributed by atoms with Gasteiger partial charge in [-0.15, -0.1) is 0 Å². The first-order valence-electron chi connectivity index (χ1n) is 4.86. The van der Waals surface area contributed by atoms with Crippen molar-refractivity contribution in [1.82, 2.24) is 10.3 Å². The maximum absolute atomic E-state index is 11.3. The Balaban J connectivity index is 2.46. The van der Waals surface area contributed by atoms with Gasteiger partial charge in [-0.2, -0.15) is 11.8 Å². The molecule has 0 bridgehead atoms. The van der Waals surface area contributed by atoms with E-state index in [1.165, 1.54) is 18.3 Å². The molecule has 1 aromatic rings. The molecule has 1 heterocycles. The molecule has 0 aliphatic heterocycles. The standard InChI is InChI=1S/C10H13N3O3S/c1-17-5-4-11-10(16)13-7-2-3-8(9(14)15)12-6-7/h2-3,6H,4-5H2,1H3,(H,14,15)(H2,11,13,16). The summed E-state index contributed by atoms with van der Waals surface area (Å²) < 4.78 is 0. The van der Waals surface area contributed by atoms with Crippen LogP contribution in [0.3, 0.4) is 0 Å². The highest BCUT2D eigenvalue weighted by Gasteiger charge is 2.05. The fourth-order valence-electron chi connectivity index (χ4n) is 1.04. The average molecular weight is 255 g/mol. The fourth-order valence-corrected chi connectivity index (χ4v) is 1.34. The molecule has 0 aliphatic rings. The summed E-state index contributed by atoms with van der Waals surface area (Å²) in [5.74, 6) is -0.259. The van der Waals surface area contributed by atoms with E-state index >= 15 is 0 Å². The van der Waals surface area contributed by atoms with Crippen LogP contribution in [0.4, 0.5) is 10.5 Å². The number of carboxylic acids is 1. The Morgan fingerprint density at radius 2 is 2.24 bits per heavy atom. The second-order valence-corrected chi connectivity index (χ2v) is 4.10. The number of aromatic carboxylic acids is 1. The van der Waals surface area contributed by atoms with E-state index in [1.54, 1.807) is 11.8 Å². The molecule has 7 heteroatoms. The monoisotopic (exact) mass is 255 g/mol. The Morgan fingerprint density at radius 1 is 1.47 bits per heavy atom. The summed E-state index contributed by atoms with van der Waals surface area (Å²) in [5, 5.41) is 13.8. The van der Waals surface area contributed by atoms with Crippen LogP contribution in [0.1, 0.15) is 10.5 Å². The minimum absolute atomic E-state index is 0.0571. The molecule has 0 aromatic carbocycles. The molecule has 17 heavy (non-hydrogen) atoms. The number of carbonyl (C=O) groups is 2. The molecule has 0 radical (unpaired) electrons. The third kappa shape index (κ3) is 4.73. The smallest absolute Gasteiger partial charge is 0.354 e. The first-order valence-corrected chi connectivity index (χ1v) is 6.26. The number of nitrogens with one attached hydrogen (secondary N) is 2. The number of thioether (sulfide) groups is 1. The van der Waals surface area contributed by atoms with Gasteiger partial charge in [0.2, 0.25) is 0 Å². The molecule has 0 atom stereocenters. The Hall–Kier alpha value is -1.76. The van der Waals surface area contributed by atoms with Crippen molar-refractivity contribution in [2.45, 2.75) is 0 Å². The summed E-state index contributed by atoms with van der Waals surface area (Å²) in [6.07, 6.45) is 3.26. The normalized spacial score (nSPS) is 9.71. The van der Waals surface area contributed by atoms with Gasteiger partial charge < -0.3 is 15.7 Å². The predicted molar refractivity (Wildman–Crippen MR) is 66.6 cm³/mol. The SMILES string of the molecule is CSCCNC(=O)Nc1ccc(C(=O)O)nc1. The van der Waals surface area contributed by atoms with Gasteiger partial charge >= 0.3 is 12.0 Å². The van der Waals surface area contributed by atoms with Crippen molar-refractivity contribution in [3.63, 3.8) is 0 Å². The third-order valence-electron chi connectivity index (χ3n) is 1.83. The summed E-state index contributed by atoms with van der Waals surface area (Å²) in [5.41, 5.74) is 0.398. The lowest BCUT2D eigenvalue weighted by Gasteiger charge is -2.06. The number of urea groups is 1. The fraction of sp³-hybridized carbons (Fsp3) is 0.300. The van der Waals surface area contributed by atoms with Gasteiger partial charge in [-0.05, 0) is 18.4 Å². The molecule has 2 amide bonds. The number of aromatic nitrogens is 1. The van der Waals surface area contributed by atoms with Crippen LogP contribution in [0.25, 0.3) is 0 Å². The quantitative estimate of drug-likeness (QED) is 0.689. The van der Waals surface area contributed by atoms with Crippen molar-refractivity contribution in [2.24, 2.45) is 0 Å². The largest absolute Gasteiger partial charge is 0.477 e. The Bertz CT molecular complexity index is 394. The summed E-state index contributed by atoms with van der Waals surface area (Å²) in [4.78, 5) is 25.6. The second kappa shape index (κ2) is 6.74. The number of carbonyl (C=O) groups excluding carboxylic acids is 1. The highest BCUT2D eigenvalue weighted by atomic mass is 32.2. The van der Waals surface area contributed by atoms with E-state index in [4.69, 9.17) is 5.11 Å². The predicted octanol–water partition coefficient (Wildman–Crippen LogP) is 1.26. The lowest BCUT2D eigenvalue weighted by molar-refractivity contribution is 0.0690. The number of hydrogen-bond donors (Lipinski definition) is 3. The highest BCUT2D eigenvalue weighted by molar-refractivity contribution is 7.98. The van der Waals surface area contributed by atoms with Gasteiger partial charge in [-0.25, -0.2) is 14.6 Å². The number of pyridine rings is 1. The van der Waals surface area contributed by atoms with Crippen molar-refractivity contribution in [3.05, 3.63) is 24.0 Å². The first-order chi connectivity index (χ1) is 8.13. The summed E-state index contributed by atoms with van der Waals surface area (Å²) >= 11 is 1.63. The van der Waals surface area contributed by atoms with Gasteiger partial charge in [0.05, 0.1) is 11.9 Å². The zero-order chi connectivity index (χ0) is 12.7. The summed E-state index contributed by atoms with van der Waals surface area (Å²) in [6.45, 7) is 0.577. The zero-order valence-electron chi connectivity index (χ0n) is 9.27. The second-order valence-electron chi connectivity index (χ2n) is 3.11.